The minimum absolute atomic E-state index is 0.0159. The van der Waals surface area contributed by atoms with Crippen molar-refractivity contribution in [3.05, 3.63) is 74.7 Å². The van der Waals surface area contributed by atoms with Crippen molar-refractivity contribution in [3.63, 3.8) is 0 Å². The zero-order chi connectivity index (χ0) is 14.1. The van der Waals surface area contributed by atoms with Gasteiger partial charge in [-0.3, -0.25) is 9.36 Å². The summed E-state index contributed by atoms with van der Waals surface area (Å²) in [5, 5.41) is 0.634. The summed E-state index contributed by atoms with van der Waals surface area (Å²) in [5.41, 5.74) is 2.99. The minimum Gasteiger partial charge on any atom is -0.294 e. The van der Waals surface area contributed by atoms with Crippen LogP contribution in [0, 0.1) is 6.92 Å². The van der Waals surface area contributed by atoms with Crippen LogP contribution >= 0.6 is 15.9 Å². The van der Waals surface area contributed by atoms with Gasteiger partial charge in [-0.05, 0) is 30.7 Å². The molecule has 0 amide bonds. The minimum atomic E-state index is -0.0159. The summed E-state index contributed by atoms with van der Waals surface area (Å²) in [4.78, 5) is 16.8. The average Bonchev–Trinajstić information content (AvgIpc) is 2.43. The van der Waals surface area contributed by atoms with Gasteiger partial charge >= 0.3 is 0 Å². The van der Waals surface area contributed by atoms with Crippen molar-refractivity contribution < 1.29 is 0 Å². The van der Waals surface area contributed by atoms with Crippen molar-refractivity contribution in [2.24, 2.45) is 0 Å². The van der Waals surface area contributed by atoms with Crippen LogP contribution in [0.2, 0.25) is 0 Å². The smallest absolute Gasteiger partial charge is 0.261 e. The Hall–Kier alpha value is -1.94. The van der Waals surface area contributed by atoms with Gasteiger partial charge in [-0.2, -0.15) is 0 Å². The molecule has 2 aromatic carbocycles. The van der Waals surface area contributed by atoms with E-state index < -0.39 is 0 Å². The fourth-order valence-electron chi connectivity index (χ4n) is 2.25. The molecule has 1 aromatic heterocycles. The number of aryl methyl sites for hydroxylation is 1. The van der Waals surface area contributed by atoms with Gasteiger partial charge in [0.15, 0.2) is 0 Å². The topological polar surface area (TPSA) is 34.9 Å². The van der Waals surface area contributed by atoms with Gasteiger partial charge in [0.1, 0.15) is 0 Å². The summed E-state index contributed by atoms with van der Waals surface area (Å²) in [6.45, 7) is 2.58. The van der Waals surface area contributed by atoms with Crippen molar-refractivity contribution in [2.75, 3.05) is 0 Å². The van der Waals surface area contributed by atoms with E-state index in [4.69, 9.17) is 0 Å². The number of hydrogen-bond donors (Lipinski definition) is 0. The molecule has 0 aliphatic heterocycles. The Morgan fingerprint density at radius 2 is 2.05 bits per heavy atom. The highest BCUT2D eigenvalue weighted by atomic mass is 79.9. The second-order valence-corrected chi connectivity index (χ2v) is 5.74. The maximum absolute atomic E-state index is 12.5. The molecule has 20 heavy (non-hydrogen) atoms. The van der Waals surface area contributed by atoms with E-state index in [1.54, 1.807) is 10.9 Å². The fourth-order valence-corrected chi connectivity index (χ4v) is 2.61. The van der Waals surface area contributed by atoms with Crippen molar-refractivity contribution in [3.8, 4) is 0 Å². The van der Waals surface area contributed by atoms with Gasteiger partial charge in [0.05, 0.1) is 23.8 Å². The number of halogens is 1. The molecule has 3 nitrogen and oxygen atoms in total. The van der Waals surface area contributed by atoms with Crippen molar-refractivity contribution >= 4 is 26.8 Å². The Morgan fingerprint density at radius 1 is 1.20 bits per heavy atom. The lowest BCUT2D eigenvalue weighted by Crippen LogP contribution is -2.21. The van der Waals surface area contributed by atoms with Crippen LogP contribution in [-0.4, -0.2) is 9.55 Å². The van der Waals surface area contributed by atoms with E-state index in [-0.39, 0.29) is 5.56 Å². The van der Waals surface area contributed by atoms with Crippen molar-refractivity contribution in [1.82, 2.24) is 9.55 Å². The molecule has 3 aromatic rings. The first-order valence-electron chi connectivity index (χ1n) is 6.34. The molecule has 3 rings (SSSR count). The van der Waals surface area contributed by atoms with Crippen LogP contribution in [0.3, 0.4) is 0 Å². The summed E-state index contributed by atoms with van der Waals surface area (Å²) in [7, 11) is 0. The lowest BCUT2D eigenvalue weighted by molar-refractivity contribution is 0.748. The highest BCUT2D eigenvalue weighted by Crippen LogP contribution is 2.15. The predicted molar refractivity (Wildman–Crippen MR) is 84.0 cm³/mol. The van der Waals surface area contributed by atoms with Crippen LogP contribution in [-0.2, 0) is 6.54 Å². The van der Waals surface area contributed by atoms with Gasteiger partial charge in [0.25, 0.3) is 5.56 Å². The highest BCUT2D eigenvalue weighted by molar-refractivity contribution is 9.10. The molecular formula is C16H13BrN2O. The SMILES string of the molecule is Cc1cccc(Cn2cnc3ccc(Br)cc3c2=O)c1. The first kappa shape index (κ1) is 13.1. The number of hydrogen-bond acceptors (Lipinski definition) is 2. The van der Waals surface area contributed by atoms with Gasteiger partial charge in [-0.1, -0.05) is 45.8 Å². The second kappa shape index (κ2) is 5.21. The van der Waals surface area contributed by atoms with Gasteiger partial charge in [0.2, 0.25) is 0 Å². The van der Waals surface area contributed by atoms with Crippen LogP contribution in [0.4, 0.5) is 0 Å². The van der Waals surface area contributed by atoms with E-state index in [9.17, 15) is 4.79 Å². The summed E-state index contributed by atoms with van der Waals surface area (Å²) in [6, 6.07) is 13.7. The third-order valence-corrected chi connectivity index (χ3v) is 3.71. The molecule has 0 aliphatic rings. The molecule has 0 saturated carbocycles. The quantitative estimate of drug-likeness (QED) is 0.721. The molecule has 0 bridgehead atoms. The van der Waals surface area contributed by atoms with E-state index in [1.807, 2.05) is 43.3 Å². The Labute approximate surface area is 125 Å². The zero-order valence-corrected chi connectivity index (χ0v) is 12.6. The molecule has 0 spiro atoms. The summed E-state index contributed by atoms with van der Waals surface area (Å²) in [5.74, 6) is 0. The van der Waals surface area contributed by atoms with Gasteiger partial charge in [0, 0.05) is 4.47 Å². The molecule has 0 atom stereocenters. The second-order valence-electron chi connectivity index (χ2n) is 4.83. The normalized spacial score (nSPS) is 10.9. The molecular weight excluding hydrogens is 316 g/mol. The maximum atomic E-state index is 12.5. The molecule has 0 aliphatic carbocycles. The largest absolute Gasteiger partial charge is 0.294 e. The number of nitrogens with zero attached hydrogens (tertiary/aromatic N) is 2. The van der Waals surface area contributed by atoms with E-state index in [0.29, 0.717) is 11.9 Å². The van der Waals surface area contributed by atoms with E-state index in [1.165, 1.54) is 5.56 Å². The van der Waals surface area contributed by atoms with Gasteiger partial charge < -0.3 is 0 Å². The van der Waals surface area contributed by atoms with Crippen molar-refractivity contribution in [1.29, 1.82) is 0 Å². The van der Waals surface area contributed by atoms with Crippen LogP contribution in [0.5, 0.6) is 0 Å². The maximum Gasteiger partial charge on any atom is 0.261 e. The summed E-state index contributed by atoms with van der Waals surface area (Å²) < 4.78 is 2.53. The Balaban J connectivity index is 2.08. The Kier molecular flexibility index (Phi) is 3.40. The predicted octanol–water partition coefficient (Wildman–Crippen LogP) is 3.52. The third kappa shape index (κ3) is 2.51. The summed E-state index contributed by atoms with van der Waals surface area (Å²) >= 11 is 3.39. The number of fused-ring (bicyclic) bond motifs is 1. The third-order valence-electron chi connectivity index (χ3n) is 3.22. The van der Waals surface area contributed by atoms with Crippen LogP contribution in [0.25, 0.3) is 10.9 Å². The number of rotatable bonds is 2. The number of benzene rings is 2. The van der Waals surface area contributed by atoms with Crippen LogP contribution in [0.15, 0.2) is 58.1 Å². The lowest BCUT2D eigenvalue weighted by atomic mass is 10.1. The Bertz CT molecular complexity index is 839. The molecule has 1 heterocycles. The van der Waals surface area contributed by atoms with E-state index in [0.717, 1.165) is 15.6 Å². The average molecular weight is 329 g/mol. The molecule has 0 N–H and O–H groups in total. The highest BCUT2D eigenvalue weighted by Gasteiger charge is 2.05. The molecule has 0 radical (unpaired) electrons. The number of aromatic nitrogens is 2. The van der Waals surface area contributed by atoms with E-state index in [2.05, 4.69) is 27.0 Å². The van der Waals surface area contributed by atoms with Gasteiger partial charge in [-0.15, -0.1) is 0 Å². The van der Waals surface area contributed by atoms with Gasteiger partial charge in [-0.25, -0.2) is 4.98 Å². The first-order chi connectivity index (χ1) is 9.63. The standard InChI is InChI=1S/C16H13BrN2O/c1-11-3-2-4-12(7-11)9-19-10-18-15-6-5-13(17)8-14(15)16(19)20/h2-8,10H,9H2,1H3. The first-order valence-corrected chi connectivity index (χ1v) is 7.13. The monoisotopic (exact) mass is 328 g/mol. The fraction of sp³-hybridized carbons (Fsp3) is 0.125. The lowest BCUT2D eigenvalue weighted by Gasteiger charge is -2.07. The molecule has 4 heteroatoms. The molecule has 0 saturated heterocycles. The molecule has 0 fully saturated rings. The molecule has 0 unspecified atom stereocenters. The zero-order valence-electron chi connectivity index (χ0n) is 11.0. The Morgan fingerprint density at radius 3 is 2.85 bits per heavy atom. The van der Waals surface area contributed by atoms with E-state index >= 15 is 0 Å². The van der Waals surface area contributed by atoms with Crippen molar-refractivity contribution in [2.45, 2.75) is 13.5 Å². The van der Waals surface area contributed by atoms with Crippen LogP contribution < -0.4 is 5.56 Å². The van der Waals surface area contributed by atoms with Crippen LogP contribution in [0.1, 0.15) is 11.1 Å². The summed E-state index contributed by atoms with van der Waals surface area (Å²) in [6.07, 6.45) is 1.61. The molecule has 100 valence electrons.